The first-order chi connectivity index (χ1) is 7.50. The number of hydrogen-bond donors (Lipinski definition) is 1. The summed E-state index contributed by atoms with van der Waals surface area (Å²) in [6.45, 7) is 5.58. The molecule has 2 heterocycles. The summed E-state index contributed by atoms with van der Waals surface area (Å²) < 4.78 is 0. The summed E-state index contributed by atoms with van der Waals surface area (Å²) >= 11 is 4.91. The third-order valence-electron chi connectivity index (χ3n) is 3.21. The molecule has 0 saturated carbocycles. The van der Waals surface area contributed by atoms with Crippen molar-refractivity contribution in [3.8, 4) is 0 Å². The summed E-state index contributed by atoms with van der Waals surface area (Å²) in [7, 11) is 0. The Morgan fingerprint density at radius 1 is 1.50 bits per heavy atom. The van der Waals surface area contributed by atoms with Crippen LogP contribution >= 0.6 is 12.2 Å². The van der Waals surface area contributed by atoms with Crippen LogP contribution < -0.4 is 10.6 Å². The number of nitrogens with two attached hydrogens (primary N) is 1. The van der Waals surface area contributed by atoms with E-state index in [9.17, 15) is 0 Å². The van der Waals surface area contributed by atoms with Crippen molar-refractivity contribution in [1.29, 1.82) is 0 Å². The Morgan fingerprint density at radius 2 is 2.25 bits per heavy atom. The Hall–Kier alpha value is -1.16. The minimum atomic E-state index is 0.206. The van der Waals surface area contributed by atoms with E-state index in [2.05, 4.69) is 23.7 Å². The van der Waals surface area contributed by atoms with Crippen molar-refractivity contribution in [2.24, 2.45) is 5.73 Å². The van der Waals surface area contributed by atoms with Gasteiger partial charge in [-0.05, 0) is 38.8 Å². The minimum absolute atomic E-state index is 0.206. The molecule has 0 radical (unpaired) electrons. The lowest BCUT2D eigenvalue weighted by Gasteiger charge is -2.32. The third kappa shape index (κ3) is 2.02. The van der Waals surface area contributed by atoms with E-state index in [1.807, 2.05) is 12.1 Å². The number of anilines is 1. The molecule has 0 atom stereocenters. The second kappa shape index (κ2) is 4.01. The molecular weight excluding hydrogens is 218 g/mol. The van der Waals surface area contributed by atoms with Gasteiger partial charge in [0, 0.05) is 23.8 Å². The summed E-state index contributed by atoms with van der Waals surface area (Å²) in [6, 6.07) is 3.95. The first-order valence-electron chi connectivity index (χ1n) is 5.54. The number of thiocarbonyl (C=S) groups is 1. The lowest BCUT2D eigenvalue weighted by Crippen LogP contribution is -2.38. The summed E-state index contributed by atoms with van der Waals surface area (Å²) in [5, 5.41) is 0. The van der Waals surface area contributed by atoms with Crippen LogP contribution in [0.2, 0.25) is 0 Å². The maximum absolute atomic E-state index is 5.55. The fraction of sp³-hybridized carbons (Fsp3) is 0.500. The Morgan fingerprint density at radius 3 is 2.69 bits per heavy atom. The van der Waals surface area contributed by atoms with E-state index < -0.39 is 0 Å². The van der Waals surface area contributed by atoms with Gasteiger partial charge in [-0.1, -0.05) is 12.2 Å². The molecule has 1 fully saturated rings. The highest BCUT2D eigenvalue weighted by Gasteiger charge is 2.32. The van der Waals surface area contributed by atoms with Crippen LogP contribution in [0, 0.1) is 0 Å². The standard InChI is InChI=1S/C12H17N3S/c1-12(2)6-3-7-15(12)10-5-4-9(8-14-10)11(13)16/h4-5,8H,3,6-7H2,1-2H3,(H2,13,16). The second-order valence-electron chi connectivity index (χ2n) is 4.84. The molecule has 0 aliphatic carbocycles. The topological polar surface area (TPSA) is 42.1 Å². The van der Waals surface area contributed by atoms with Gasteiger partial charge in [-0.3, -0.25) is 0 Å². The number of hydrogen-bond acceptors (Lipinski definition) is 3. The zero-order valence-corrected chi connectivity index (χ0v) is 10.5. The zero-order chi connectivity index (χ0) is 11.8. The van der Waals surface area contributed by atoms with Crippen LogP contribution in [-0.2, 0) is 0 Å². The average Bonchev–Trinajstić information content (AvgIpc) is 2.58. The molecule has 3 nitrogen and oxygen atoms in total. The molecule has 1 aromatic heterocycles. The summed E-state index contributed by atoms with van der Waals surface area (Å²) in [4.78, 5) is 7.18. The molecule has 86 valence electrons. The maximum atomic E-state index is 5.55. The summed E-state index contributed by atoms with van der Waals surface area (Å²) in [5.41, 5.74) is 6.58. The van der Waals surface area contributed by atoms with Gasteiger partial charge >= 0.3 is 0 Å². The molecule has 1 aliphatic rings. The molecule has 0 bridgehead atoms. The zero-order valence-electron chi connectivity index (χ0n) is 9.73. The predicted octanol–water partition coefficient (Wildman–Crippen LogP) is 2.09. The average molecular weight is 235 g/mol. The third-order valence-corrected chi connectivity index (χ3v) is 3.45. The maximum Gasteiger partial charge on any atom is 0.128 e. The lowest BCUT2D eigenvalue weighted by molar-refractivity contribution is 0.514. The van der Waals surface area contributed by atoms with Crippen molar-refractivity contribution in [3.05, 3.63) is 23.9 Å². The Labute approximate surface area is 102 Å². The van der Waals surface area contributed by atoms with E-state index in [-0.39, 0.29) is 5.54 Å². The van der Waals surface area contributed by atoms with Crippen molar-refractivity contribution in [2.45, 2.75) is 32.2 Å². The molecule has 0 aromatic carbocycles. The molecule has 4 heteroatoms. The first-order valence-corrected chi connectivity index (χ1v) is 5.95. The summed E-state index contributed by atoms with van der Waals surface area (Å²) in [6.07, 6.45) is 4.20. The van der Waals surface area contributed by atoms with Crippen LogP contribution in [0.3, 0.4) is 0 Å². The van der Waals surface area contributed by atoms with Gasteiger partial charge in [0.05, 0.1) is 0 Å². The van der Waals surface area contributed by atoms with Gasteiger partial charge in [-0.25, -0.2) is 4.98 Å². The van der Waals surface area contributed by atoms with E-state index in [4.69, 9.17) is 18.0 Å². The quantitative estimate of drug-likeness (QED) is 0.797. The van der Waals surface area contributed by atoms with E-state index in [0.29, 0.717) is 4.99 Å². The van der Waals surface area contributed by atoms with E-state index in [0.717, 1.165) is 17.9 Å². The Bertz CT molecular complexity index is 397. The van der Waals surface area contributed by atoms with Crippen LogP contribution in [-0.4, -0.2) is 22.1 Å². The van der Waals surface area contributed by atoms with Crippen LogP contribution in [0.4, 0.5) is 5.82 Å². The van der Waals surface area contributed by atoms with Gasteiger partial charge in [-0.2, -0.15) is 0 Å². The fourth-order valence-electron chi connectivity index (χ4n) is 2.22. The van der Waals surface area contributed by atoms with Crippen LogP contribution in [0.1, 0.15) is 32.3 Å². The molecule has 0 spiro atoms. The smallest absolute Gasteiger partial charge is 0.128 e. The second-order valence-corrected chi connectivity index (χ2v) is 5.28. The molecular formula is C12H17N3S. The molecule has 0 unspecified atom stereocenters. The van der Waals surface area contributed by atoms with Gasteiger partial charge < -0.3 is 10.6 Å². The molecule has 2 N–H and O–H groups in total. The van der Waals surface area contributed by atoms with Crippen LogP contribution in [0.5, 0.6) is 0 Å². The number of nitrogens with zero attached hydrogens (tertiary/aromatic N) is 2. The molecule has 16 heavy (non-hydrogen) atoms. The van der Waals surface area contributed by atoms with Gasteiger partial charge in [0.25, 0.3) is 0 Å². The number of aromatic nitrogens is 1. The highest BCUT2D eigenvalue weighted by Crippen LogP contribution is 2.32. The lowest BCUT2D eigenvalue weighted by atomic mass is 10.0. The van der Waals surface area contributed by atoms with Gasteiger partial charge in [0.1, 0.15) is 10.8 Å². The summed E-state index contributed by atoms with van der Waals surface area (Å²) in [5.74, 6) is 1.02. The van der Waals surface area contributed by atoms with Gasteiger partial charge in [0.2, 0.25) is 0 Å². The van der Waals surface area contributed by atoms with Gasteiger partial charge in [-0.15, -0.1) is 0 Å². The van der Waals surface area contributed by atoms with Crippen molar-refractivity contribution >= 4 is 23.0 Å². The minimum Gasteiger partial charge on any atom is -0.389 e. The van der Waals surface area contributed by atoms with Crippen LogP contribution in [0.25, 0.3) is 0 Å². The highest BCUT2D eigenvalue weighted by atomic mass is 32.1. The van der Waals surface area contributed by atoms with Crippen molar-refractivity contribution in [2.75, 3.05) is 11.4 Å². The van der Waals surface area contributed by atoms with Crippen molar-refractivity contribution in [1.82, 2.24) is 4.98 Å². The van der Waals surface area contributed by atoms with E-state index >= 15 is 0 Å². The normalized spacial score (nSPS) is 18.8. The molecule has 2 rings (SSSR count). The molecule has 1 aliphatic heterocycles. The SMILES string of the molecule is CC1(C)CCCN1c1ccc(C(N)=S)cn1. The monoisotopic (exact) mass is 235 g/mol. The Balaban J connectivity index is 2.25. The molecule has 1 aromatic rings. The molecule has 1 saturated heterocycles. The number of pyridine rings is 1. The van der Waals surface area contributed by atoms with Crippen LogP contribution in [0.15, 0.2) is 18.3 Å². The predicted molar refractivity (Wildman–Crippen MR) is 70.8 cm³/mol. The highest BCUT2D eigenvalue weighted by molar-refractivity contribution is 7.80. The van der Waals surface area contributed by atoms with E-state index in [1.165, 1.54) is 12.8 Å². The molecule has 0 amide bonds. The van der Waals surface area contributed by atoms with E-state index in [1.54, 1.807) is 6.20 Å². The van der Waals surface area contributed by atoms with Crippen molar-refractivity contribution in [3.63, 3.8) is 0 Å². The Kier molecular flexibility index (Phi) is 2.84. The van der Waals surface area contributed by atoms with Gasteiger partial charge in [0.15, 0.2) is 0 Å². The number of rotatable bonds is 2. The largest absolute Gasteiger partial charge is 0.389 e. The van der Waals surface area contributed by atoms with Crippen molar-refractivity contribution < 1.29 is 0 Å². The first kappa shape index (κ1) is 11.3. The fourth-order valence-corrected chi connectivity index (χ4v) is 2.34.